The summed E-state index contributed by atoms with van der Waals surface area (Å²) in [4.78, 5) is 14.3. The minimum atomic E-state index is -0.130. The highest BCUT2D eigenvalue weighted by Gasteiger charge is 2.32. The van der Waals surface area contributed by atoms with Crippen LogP contribution in [0.3, 0.4) is 0 Å². The lowest BCUT2D eigenvalue weighted by molar-refractivity contribution is 0.308. The molecule has 0 amide bonds. The summed E-state index contributed by atoms with van der Waals surface area (Å²) < 4.78 is 0. The molecule has 4 aromatic rings. The Morgan fingerprint density at radius 1 is 0.795 bits per heavy atom. The topological polar surface area (TPSA) is 109 Å². The van der Waals surface area contributed by atoms with E-state index in [1.165, 1.54) is 22.3 Å². The molecule has 4 heterocycles. The van der Waals surface area contributed by atoms with Crippen LogP contribution >= 0.6 is 0 Å². The summed E-state index contributed by atoms with van der Waals surface area (Å²) in [6.45, 7) is 8.24. The lowest BCUT2D eigenvalue weighted by Gasteiger charge is -2.40. The summed E-state index contributed by atoms with van der Waals surface area (Å²) in [5, 5.41) is 4.44. The Kier molecular flexibility index (Phi) is 8.31. The Hall–Kier alpha value is -3.26. The highest BCUT2D eigenvalue weighted by Crippen LogP contribution is 2.30. The molecule has 0 unspecified atom stereocenters. The average Bonchev–Trinajstić information content (AvgIpc) is 3.39. The fourth-order valence-corrected chi connectivity index (χ4v) is 6.01. The summed E-state index contributed by atoms with van der Waals surface area (Å²) in [6.07, 6.45) is 9.60. The molecular formula is C32H43N7. The van der Waals surface area contributed by atoms with Gasteiger partial charge in [0.25, 0.3) is 0 Å². The molecule has 39 heavy (non-hydrogen) atoms. The van der Waals surface area contributed by atoms with Crippen molar-refractivity contribution in [2.45, 2.75) is 63.5 Å². The first-order valence-electron chi connectivity index (χ1n) is 14.2. The fraction of sp³-hybridized carbons (Fsp3) is 0.438. The number of hydrogen-bond acceptors (Lipinski definition) is 6. The number of benzene rings is 2. The molecule has 0 saturated carbocycles. The van der Waals surface area contributed by atoms with Gasteiger partial charge in [0.15, 0.2) is 0 Å². The number of H-pyrrole nitrogens is 1. The SMILES string of the molecule is Cc1cccc(CC2(N)CCN(c3ncnc4[nH]ccc34)CC2)c1.Cc1cccc(CC2(N)CCNCC2)c1. The van der Waals surface area contributed by atoms with E-state index in [1.54, 1.807) is 6.33 Å². The number of fused-ring (bicyclic) bond motifs is 1. The molecule has 206 valence electrons. The standard InChI is InChI=1S/C19H23N5.C13H20N2/c1-14-3-2-4-15(11-14)12-19(20)6-9-24(10-7-19)18-16-5-8-21-17(16)22-13-23-18;1-11-3-2-4-12(9-11)10-13(14)5-7-15-8-6-13/h2-5,8,11,13H,6-7,9-10,12,20H2,1H3,(H,21,22,23);2-4,9,15H,5-8,10,14H2,1H3. The van der Waals surface area contributed by atoms with Crippen LogP contribution < -0.4 is 21.7 Å². The van der Waals surface area contributed by atoms with Gasteiger partial charge in [-0.2, -0.15) is 0 Å². The van der Waals surface area contributed by atoms with Gasteiger partial charge in [-0.05, 0) is 82.7 Å². The number of nitrogens with zero attached hydrogens (tertiary/aromatic N) is 3. The van der Waals surface area contributed by atoms with Gasteiger partial charge < -0.3 is 26.7 Å². The molecule has 0 aliphatic carbocycles. The van der Waals surface area contributed by atoms with E-state index in [2.05, 4.69) is 87.5 Å². The molecule has 2 aliphatic heterocycles. The number of piperidine rings is 2. The number of rotatable bonds is 5. The first-order valence-corrected chi connectivity index (χ1v) is 14.2. The van der Waals surface area contributed by atoms with Crippen LogP contribution in [-0.2, 0) is 12.8 Å². The zero-order valence-electron chi connectivity index (χ0n) is 23.4. The highest BCUT2D eigenvalue weighted by molar-refractivity contribution is 5.87. The maximum atomic E-state index is 6.71. The summed E-state index contributed by atoms with van der Waals surface area (Å²) in [5.74, 6) is 1.01. The third-order valence-electron chi connectivity index (χ3n) is 8.27. The highest BCUT2D eigenvalue weighted by atomic mass is 15.2. The second kappa shape index (κ2) is 11.9. The minimum absolute atomic E-state index is 0.0129. The molecular weight excluding hydrogens is 482 g/mol. The lowest BCUT2D eigenvalue weighted by atomic mass is 9.82. The zero-order valence-corrected chi connectivity index (χ0v) is 23.4. The van der Waals surface area contributed by atoms with Crippen LogP contribution in [0.2, 0.25) is 0 Å². The summed E-state index contributed by atoms with van der Waals surface area (Å²) in [6, 6.07) is 19.4. The van der Waals surface area contributed by atoms with E-state index in [9.17, 15) is 0 Å². The van der Waals surface area contributed by atoms with Crippen molar-refractivity contribution >= 4 is 16.9 Å². The Balaban J connectivity index is 0.000000177. The van der Waals surface area contributed by atoms with Crippen LogP contribution in [0.1, 0.15) is 47.9 Å². The predicted octanol–water partition coefficient (Wildman–Crippen LogP) is 4.43. The van der Waals surface area contributed by atoms with Crippen LogP contribution in [0.25, 0.3) is 11.0 Å². The number of aromatic nitrogens is 3. The summed E-state index contributed by atoms with van der Waals surface area (Å²) >= 11 is 0. The van der Waals surface area contributed by atoms with Crippen molar-refractivity contribution in [1.82, 2.24) is 20.3 Å². The third kappa shape index (κ3) is 7.04. The van der Waals surface area contributed by atoms with Gasteiger partial charge in [-0.25, -0.2) is 9.97 Å². The van der Waals surface area contributed by atoms with Crippen LogP contribution in [0.5, 0.6) is 0 Å². The van der Waals surface area contributed by atoms with E-state index in [-0.39, 0.29) is 11.1 Å². The molecule has 2 aliphatic rings. The predicted molar refractivity (Wildman–Crippen MR) is 161 cm³/mol. The molecule has 7 heteroatoms. The van der Waals surface area contributed by atoms with Crippen LogP contribution in [0.4, 0.5) is 5.82 Å². The molecule has 2 fully saturated rings. The van der Waals surface area contributed by atoms with Crippen molar-refractivity contribution in [1.29, 1.82) is 0 Å². The Labute approximate surface area is 232 Å². The number of nitrogens with two attached hydrogens (primary N) is 2. The maximum Gasteiger partial charge on any atom is 0.142 e. The van der Waals surface area contributed by atoms with Crippen molar-refractivity contribution in [2.24, 2.45) is 11.5 Å². The van der Waals surface area contributed by atoms with Crippen LogP contribution in [0.15, 0.2) is 67.1 Å². The molecule has 2 saturated heterocycles. The van der Waals surface area contributed by atoms with Crippen LogP contribution in [-0.4, -0.2) is 52.2 Å². The second-order valence-electron chi connectivity index (χ2n) is 11.7. The molecule has 0 spiro atoms. The second-order valence-corrected chi connectivity index (χ2v) is 11.7. The fourth-order valence-electron chi connectivity index (χ4n) is 6.01. The lowest BCUT2D eigenvalue weighted by Crippen LogP contribution is -2.52. The van der Waals surface area contributed by atoms with Crippen LogP contribution in [0, 0.1) is 13.8 Å². The average molecular weight is 526 g/mol. The number of aryl methyl sites for hydroxylation is 2. The summed E-state index contributed by atoms with van der Waals surface area (Å²) in [7, 11) is 0. The minimum Gasteiger partial charge on any atom is -0.356 e. The Bertz CT molecular complexity index is 1360. The van der Waals surface area contributed by atoms with E-state index in [0.29, 0.717) is 0 Å². The van der Waals surface area contributed by atoms with Crippen molar-refractivity contribution in [3.05, 3.63) is 89.4 Å². The van der Waals surface area contributed by atoms with Crippen molar-refractivity contribution < 1.29 is 0 Å². The normalized spacial score (nSPS) is 18.4. The van der Waals surface area contributed by atoms with E-state index < -0.39 is 0 Å². The smallest absolute Gasteiger partial charge is 0.142 e. The molecule has 6 rings (SSSR count). The molecule has 0 atom stereocenters. The third-order valence-corrected chi connectivity index (χ3v) is 8.27. The molecule has 2 aromatic carbocycles. The monoisotopic (exact) mass is 525 g/mol. The molecule has 7 nitrogen and oxygen atoms in total. The first kappa shape index (κ1) is 27.3. The van der Waals surface area contributed by atoms with Gasteiger partial charge in [-0.1, -0.05) is 59.7 Å². The van der Waals surface area contributed by atoms with E-state index >= 15 is 0 Å². The summed E-state index contributed by atoms with van der Waals surface area (Å²) in [5.41, 5.74) is 19.2. The van der Waals surface area contributed by atoms with Crippen molar-refractivity contribution in [3.8, 4) is 0 Å². The van der Waals surface area contributed by atoms with E-state index in [4.69, 9.17) is 11.5 Å². The van der Waals surface area contributed by atoms with Crippen molar-refractivity contribution in [2.75, 3.05) is 31.1 Å². The number of anilines is 1. The first-order chi connectivity index (χ1) is 18.8. The van der Waals surface area contributed by atoms with Gasteiger partial charge in [0, 0.05) is 30.4 Å². The molecule has 0 bridgehead atoms. The molecule has 2 aromatic heterocycles. The van der Waals surface area contributed by atoms with Gasteiger partial charge in [-0.3, -0.25) is 0 Å². The van der Waals surface area contributed by atoms with E-state index in [1.807, 2.05) is 12.3 Å². The Morgan fingerprint density at radius 2 is 1.38 bits per heavy atom. The molecule has 0 radical (unpaired) electrons. The van der Waals surface area contributed by atoms with Gasteiger partial charge in [0.05, 0.1) is 5.39 Å². The zero-order chi connectivity index (χ0) is 27.3. The number of nitrogens with one attached hydrogen (secondary N) is 2. The number of hydrogen-bond donors (Lipinski definition) is 4. The van der Waals surface area contributed by atoms with E-state index in [0.717, 1.165) is 81.6 Å². The maximum absolute atomic E-state index is 6.71. The van der Waals surface area contributed by atoms with Gasteiger partial charge >= 0.3 is 0 Å². The van der Waals surface area contributed by atoms with Gasteiger partial charge in [-0.15, -0.1) is 0 Å². The largest absolute Gasteiger partial charge is 0.356 e. The Morgan fingerprint density at radius 3 is 1.97 bits per heavy atom. The van der Waals surface area contributed by atoms with Crippen molar-refractivity contribution in [3.63, 3.8) is 0 Å². The quantitative estimate of drug-likeness (QED) is 0.307. The van der Waals surface area contributed by atoms with Gasteiger partial charge in [0.2, 0.25) is 0 Å². The number of aromatic amines is 1. The van der Waals surface area contributed by atoms with Gasteiger partial charge in [0.1, 0.15) is 17.8 Å². The molecule has 6 N–H and O–H groups in total.